The van der Waals surface area contributed by atoms with Gasteiger partial charge in [0.05, 0.1) is 18.6 Å². The number of aryl methyl sites for hydroxylation is 1. The van der Waals surface area contributed by atoms with Crippen molar-refractivity contribution in [1.29, 1.82) is 0 Å². The standard InChI is InChI=1S/C8H14N2O/c1-3-11-5-4-8-7(2)9-6-10-8/h6H,3-5H2,1-2H3,(H,9,10). The van der Waals surface area contributed by atoms with Crippen molar-refractivity contribution < 1.29 is 4.74 Å². The summed E-state index contributed by atoms with van der Waals surface area (Å²) in [6, 6.07) is 0. The molecule has 3 nitrogen and oxygen atoms in total. The molecule has 0 unspecified atom stereocenters. The van der Waals surface area contributed by atoms with Crippen molar-refractivity contribution in [3.05, 3.63) is 17.7 Å². The van der Waals surface area contributed by atoms with E-state index in [1.165, 1.54) is 0 Å². The summed E-state index contributed by atoms with van der Waals surface area (Å²) in [6.45, 7) is 5.57. The van der Waals surface area contributed by atoms with E-state index in [2.05, 4.69) is 9.97 Å². The van der Waals surface area contributed by atoms with E-state index < -0.39 is 0 Å². The molecular weight excluding hydrogens is 140 g/mol. The van der Waals surface area contributed by atoms with E-state index in [1.54, 1.807) is 6.33 Å². The molecule has 0 radical (unpaired) electrons. The highest BCUT2D eigenvalue weighted by molar-refractivity contribution is 5.08. The fraction of sp³-hybridized carbons (Fsp3) is 0.625. The number of nitrogens with one attached hydrogen (secondary N) is 1. The van der Waals surface area contributed by atoms with Crippen LogP contribution in [0.4, 0.5) is 0 Å². The number of aromatic nitrogens is 2. The Bertz CT molecular complexity index is 208. The number of rotatable bonds is 4. The van der Waals surface area contributed by atoms with Crippen LogP contribution < -0.4 is 0 Å². The van der Waals surface area contributed by atoms with Crippen molar-refractivity contribution >= 4 is 0 Å². The number of H-pyrrole nitrogens is 1. The summed E-state index contributed by atoms with van der Waals surface area (Å²) in [5.41, 5.74) is 2.25. The normalized spacial score (nSPS) is 10.4. The predicted octanol–water partition coefficient (Wildman–Crippen LogP) is 1.30. The van der Waals surface area contributed by atoms with Gasteiger partial charge in [0.1, 0.15) is 0 Å². The van der Waals surface area contributed by atoms with Gasteiger partial charge in [-0.2, -0.15) is 0 Å². The van der Waals surface area contributed by atoms with Crippen molar-refractivity contribution in [3.8, 4) is 0 Å². The molecule has 1 rings (SSSR count). The highest BCUT2D eigenvalue weighted by Gasteiger charge is 1.98. The second-order valence-corrected chi connectivity index (χ2v) is 2.42. The first kappa shape index (κ1) is 8.27. The Morgan fingerprint density at radius 1 is 1.64 bits per heavy atom. The third-order valence-corrected chi connectivity index (χ3v) is 1.62. The molecule has 0 aliphatic heterocycles. The average Bonchev–Trinajstić information content (AvgIpc) is 2.37. The van der Waals surface area contributed by atoms with Crippen LogP contribution >= 0.6 is 0 Å². The molecular formula is C8H14N2O. The molecule has 0 saturated carbocycles. The van der Waals surface area contributed by atoms with Gasteiger partial charge < -0.3 is 9.72 Å². The molecule has 11 heavy (non-hydrogen) atoms. The van der Waals surface area contributed by atoms with Crippen molar-refractivity contribution in [2.75, 3.05) is 13.2 Å². The molecule has 3 heteroatoms. The lowest BCUT2D eigenvalue weighted by atomic mass is 10.3. The SMILES string of the molecule is CCOCCc1nc[nH]c1C. The molecule has 0 aromatic carbocycles. The quantitative estimate of drug-likeness (QED) is 0.664. The molecule has 0 fully saturated rings. The van der Waals surface area contributed by atoms with Crippen LogP contribution in [0.15, 0.2) is 6.33 Å². The van der Waals surface area contributed by atoms with Crippen LogP contribution in [0, 0.1) is 6.92 Å². The highest BCUT2D eigenvalue weighted by Crippen LogP contribution is 2.00. The molecule has 0 amide bonds. The van der Waals surface area contributed by atoms with E-state index in [0.29, 0.717) is 0 Å². The number of hydrogen-bond acceptors (Lipinski definition) is 2. The molecule has 0 aliphatic rings. The molecule has 62 valence electrons. The van der Waals surface area contributed by atoms with Gasteiger partial charge in [0.25, 0.3) is 0 Å². The molecule has 1 N–H and O–H groups in total. The zero-order valence-corrected chi connectivity index (χ0v) is 7.05. The van der Waals surface area contributed by atoms with E-state index in [1.807, 2.05) is 13.8 Å². The Morgan fingerprint density at radius 2 is 2.45 bits per heavy atom. The van der Waals surface area contributed by atoms with Crippen LogP contribution in [0.1, 0.15) is 18.3 Å². The van der Waals surface area contributed by atoms with E-state index in [4.69, 9.17) is 4.74 Å². The largest absolute Gasteiger partial charge is 0.381 e. The van der Waals surface area contributed by atoms with Crippen LogP contribution in [0.5, 0.6) is 0 Å². The monoisotopic (exact) mass is 154 g/mol. The lowest BCUT2D eigenvalue weighted by Gasteiger charge is -1.98. The molecule has 0 aliphatic carbocycles. The average molecular weight is 154 g/mol. The molecule has 1 aromatic rings. The first-order chi connectivity index (χ1) is 5.34. The van der Waals surface area contributed by atoms with Gasteiger partial charge >= 0.3 is 0 Å². The molecule has 1 aromatic heterocycles. The van der Waals surface area contributed by atoms with Gasteiger partial charge in [-0.15, -0.1) is 0 Å². The van der Waals surface area contributed by atoms with E-state index in [-0.39, 0.29) is 0 Å². The van der Waals surface area contributed by atoms with Gasteiger partial charge in [0.15, 0.2) is 0 Å². The van der Waals surface area contributed by atoms with Crippen molar-refractivity contribution in [2.45, 2.75) is 20.3 Å². The van der Waals surface area contributed by atoms with Gasteiger partial charge in [-0.3, -0.25) is 0 Å². The molecule has 0 bridgehead atoms. The molecule has 0 atom stereocenters. The Kier molecular flexibility index (Phi) is 3.11. The highest BCUT2D eigenvalue weighted by atomic mass is 16.5. The number of ether oxygens (including phenoxy) is 1. The smallest absolute Gasteiger partial charge is 0.0925 e. The minimum Gasteiger partial charge on any atom is -0.381 e. The third-order valence-electron chi connectivity index (χ3n) is 1.62. The maximum Gasteiger partial charge on any atom is 0.0925 e. The van der Waals surface area contributed by atoms with Gasteiger partial charge in [0, 0.05) is 18.7 Å². The topological polar surface area (TPSA) is 37.9 Å². The summed E-state index contributed by atoms with van der Waals surface area (Å²) in [7, 11) is 0. The van der Waals surface area contributed by atoms with Crippen LogP contribution in [0.3, 0.4) is 0 Å². The Morgan fingerprint density at radius 3 is 3.00 bits per heavy atom. The first-order valence-electron chi connectivity index (χ1n) is 3.91. The van der Waals surface area contributed by atoms with Gasteiger partial charge in [-0.1, -0.05) is 0 Å². The maximum absolute atomic E-state index is 5.21. The summed E-state index contributed by atoms with van der Waals surface area (Å²) in [6.07, 6.45) is 2.62. The van der Waals surface area contributed by atoms with E-state index in [9.17, 15) is 0 Å². The number of imidazole rings is 1. The Balaban J connectivity index is 2.32. The molecule has 0 spiro atoms. The lowest BCUT2D eigenvalue weighted by molar-refractivity contribution is 0.150. The maximum atomic E-state index is 5.21. The third kappa shape index (κ3) is 2.35. The zero-order valence-electron chi connectivity index (χ0n) is 7.05. The molecule has 0 saturated heterocycles. The summed E-state index contributed by atoms with van der Waals surface area (Å²) in [5.74, 6) is 0. The summed E-state index contributed by atoms with van der Waals surface area (Å²) in [5, 5.41) is 0. The second-order valence-electron chi connectivity index (χ2n) is 2.42. The summed E-state index contributed by atoms with van der Waals surface area (Å²) >= 11 is 0. The minimum absolute atomic E-state index is 0.766. The van der Waals surface area contributed by atoms with Crippen LogP contribution in [-0.4, -0.2) is 23.2 Å². The van der Waals surface area contributed by atoms with Gasteiger partial charge in [-0.25, -0.2) is 4.98 Å². The number of hydrogen-bond donors (Lipinski definition) is 1. The van der Waals surface area contributed by atoms with Crippen molar-refractivity contribution in [3.63, 3.8) is 0 Å². The van der Waals surface area contributed by atoms with Crippen LogP contribution in [0.2, 0.25) is 0 Å². The van der Waals surface area contributed by atoms with Gasteiger partial charge in [0.2, 0.25) is 0 Å². The van der Waals surface area contributed by atoms with Crippen LogP contribution in [-0.2, 0) is 11.2 Å². The number of aromatic amines is 1. The second kappa shape index (κ2) is 4.13. The fourth-order valence-electron chi connectivity index (χ4n) is 0.952. The Hall–Kier alpha value is -0.830. The first-order valence-corrected chi connectivity index (χ1v) is 3.91. The van der Waals surface area contributed by atoms with Crippen molar-refractivity contribution in [1.82, 2.24) is 9.97 Å². The predicted molar refractivity (Wildman–Crippen MR) is 43.5 cm³/mol. The van der Waals surface area contributed by atoms with Crippen LogP contribution in [0.25, 0.3) is 0 Å². The van der Waals surface area contributed by atoms with E-state index >= 15 is 0 Å². The minimum atomic E-state index is 0.766. The number of nitrogens with zero attached hydrogens (tertiary/aromatic N) is 1. The zero-order chi connectivity index (χ0) is 8.10. The molecule has 1 heterocycles. The van der Waals surface area contributed by atoms with Crippen molar-refractivity contribution in [2.24, 2.45) is 0 Å². The Labute approximate surface area is 66.8 Å². The summed E-state index contributed by atoms with van der Waals surface area (Å²) < 4.78 is 5.21. The van der Waals surface area contributed by atoms with Gasteiger partial charge in [-0.05, 0) is 13.8 Å². The summed E-state index contributed by atoms with van der Waals surface area (Å²) in [4.78, 5) is 7.18. The fourth-order valence-corrected chi connectivity index (χ4v) is 0.952. The lowest BCUT2D eigenvalue weighted by Crippen LogP contribution is -1.99. The van der Waals surface area contributed by atoms with E-state index in [0.717, 1.165) is 31.0 Å².